The van der Waals surface area contributed by atoms with Gasteiger partial charge < -0.3 is 11.1 Å². The molecule has 104 valence electrons. The van der Waals surface area contributed by atoms with Gasteiger partial charge in [0.2, 0.25) is 5.91 Å². The van der Waals surface area contributed by atoms with Gasteiger partial charge in [0.15, 0.2) is 0 Å². The van der Waals surface area contributed by atoms with E-state index in [4.69, 9.17) is 5.73 Å². The first-order valence-electron chi connectivity index (χ1n) is 6.12. The van der Waals surface area contributed by atoms with E-state index in [1.54, 1.807) is 0 Å². The third kappa shape index (κ3) is 3.91. The van der Waals surface area contributed by atoms with E-state index in [0.717, 1.165) is 20.2 Å². The molecule has 1 unspecified atom stereocenters. The van der Waals surface area contributed by atoms with Crippen LogP contribution in [-0.2, 0) is 4.79 Å². The monoisotopic (exact) mass is 396 g/mol. The Kier molecular flexibility index (Phi) is 5.34. The van der Waals surface area contributed by atoms with Gasteiger partial charge in [0.25, 0.3) is 0 Å². The van der Waals surface area contributed by atoms with Gasteiger partial charge in [-0.15, -0.1) is 0 Å². The Bertz CT molecular complexity index is 582. The van der Waals surface area contributed by atoms with E-state index in [0.29, 0.717) is 0 Å². The number of carbonyl (C=O) groups is 1. The fraction of sp³-hybridized carbons (Fsp3) is 0.133. The first kappa shape index (κ1) is 15.2. The number of carbonyl (C=O) groups excluding carboxylic acids is 1. The lowest BCUT2D eigenvalue weighted by molar-refractivity contribution is -0.116. The van der Waals surface area contributed by atoms with Crippen LogP contribution >= 0.6 is 31.9 Å². The third-order valence-corrected chi connectivity index (χ3v) is 4.18. The molecule has 0 radical (unpaired) electrons. The van der Waals surface area contributed by atoms with E-state index in [1.165, 1.54) is 0 Å². The van der Waals surface area contributed by atoms with Crippen molar-refractivity contribution in [1.29, 1.82) is 0 Å². The van der Waals surface area contributed by atoms with E-state index in [2.05, 4.69) is 37.2 Å². The molecule has 1 atom stereocenters. The Hall–Kier alpha value is -1.17. The highest BCUT2D eigenvalue weighted by Crippen LogP contribution is 2.30. The maximum absolute atomic E-state index is 12.1. The van der Waals surface area contributed by atoms with Gasteiger partial charge in [-0.25, -0.2) is 0 Å². The maximum atomic E-state index is 12.1. The highest BCUT2D eigenvalue weighted by Gasteiger charge is 2.14. The third-order valence-electron chi connectivity index (χ3n) is 2.86. The molecular formula is C15H14Br2N2O. The van der Waals surface area contributed by atoms with Crippen LogP contribution in [0.3, 0.4) is 0 Å². The molecule has 0 aliphatic carbocycles. The van der Waals surface area contributed by atoms with Crippen LogP contribution in [0.1, 0.15) is 18.0 Å². The predicted octanol–water partition coefficient (Wildman–Crippen LogP) is 4.24. The van der Waals surface area contributed by atoms with Crippen molar-refractivity contribution < 1.29 is 4.79 Å². The molecule has 2 aromatic carbocycles. The molecular weight excluding hydrogens is 384 g/mol. The minimum atomic E-state index is -0.308. The van der Waals surface area contributed by atoms with E-state index >= 15 is 0 Å². The normalized spacial score (nSPS) is 11.9. The summed E-state index contributed by atoms with van der Waals surface area (Å²) in [6.45, 7) is 0. The molecule has 0 aromatic heterocycles. The van der Waals surface area contributed by atoms with Crippen LogP contribution in [0.2, 0.25) is 0 Å². The molecule has 0 bridgehead atoms. The van der Waals surface area contributed by atoms with Crippen molar-refractivity contribution in [3.63, 3.8) is 0 Å². The first-order valence-corrected chi connectivity index (χ1v) is 7.71. The van der Waals surface area contributed by atoms with Gasteiger partial charge in [-0.3, -0.25) is 4.79 Å². The lowest BCUT2D eigenvalue weighted by Gasteiger charge is -2.13. The maximum Gasteiger partial charge on any atom is 0.226 e. The Morgan fingerprint density at radius 1 is 1.05 bits per heavy atom. The summed E-state index contributed by atoms with van der Waals surface area (Å²) < 4.78 is 1.65. The molecule has 3 nitrogen and oxygen atoms in total. The lowest BCUT2D eigenvalue weighted by atomic mass is 10.0. The van der Waals surface area contributed by atoms with Gasteiger partial charge >= 0.3 is 0 Å². The molecule has 0 fully saturated rings. The highest BCUT2D eigenvalue weighted by atomic mass is 79.9. The number of anilines is 1. The second-order valence-electron chi connectivity index (χ2n) is 4.37. The molecule has 3 N–H and O–H groups in total. The number of hydrogen-bond donors (Lipinski definition) is 2. The number of amides is 1. The summed E-state index contributed by atoms with van der Waals surface area (Å²) in [7, 11) is 0. The Morgan fingerprint density at radius 2 is 1.65 bits per heavy atom. The molecule has 1 amide bonds. The fourth-order valence-electron chi connectivity index (χ4n) is 1.83. The number of hydrogen-bond acceptors (Lipinski definition) is 2. The Morgan fingerprint density at radius 3 is 2.25 bits per heavy atom. The largest absolute Gasteiger partial charge is 0.324 e. The molecule has 0 heterocycles. The predicted molar refractivity (Wildman–Crippen MR) is 88.5 cm³/mol. The lowest BCUT2D eigenvalue weighted by Crippen LogP contribution is -2.20. The molecule has 2 aromatic rings. The molecule has 20 heavy (non-hydrogen) atoms. The van der Waals surface area contributed by atoms with Crippen LogP contribution in [0.5, 0.6) is 0 Å². The van der Waals surface area contributed by atoms with Gasteiger partial charge in [0, 0.05) is 21.4 Å². The standard InChI is InChI=1S/C15H14Br2N2O/c16-11-7-4-8-12(17)15(11)19-14(20)9-13(18)10-5-2-1-3-6-10/h1-8,13H,9,18H2,(H,19,20). The summed E-state index contributed by atoms with van der Waals surface area (Å²) in [5.41, 5.74) is 7.71. The van der Waals surface area contributed by atoms with Gasteiger partial charge in [-0.05, 0) is 49.6 Å². The van der Waals surface area contributed by atoms with Crippen molar-refractivity contribution in [2.45, 2.75) is 12.5 Å². The molecule has 0 saturated carbocycles. The summed E-state index contributed by atoms with van der Waals surface area (Å²) in [6, 6.07) is 14.9. The first-order chi connectivity index (χ1) is 9.58. The quantitative estimate of drug-likeness (QED) is 0.810. The van der Waals surface area contributed by atoms with E-state index in [1.807, 2.05) is 48.5 Å². The highest BCUT2D eigenvalue weighted by molar-refractivity contribution is 9.11. The summed E-state index contributed by atoms with van der Waals surface area (Å²) in [5.74, 6) is -0.117. The number of benzene rings is 2. The van der Waals surface area contributed by atoms with Crippen LogP contribution in [0.15, 0.2) is 57.5 Å². The van der Waals surface area contributed by atoms with Crippen molar-refractivity contribution in [2.24, 2.45) is 5.73 Å². The SMILES string of the molecule is NC(CC(=O)Nc1c(Br)cccc1Br)c1ccccc1. The fourth-order valence-corrected chi connectivity index (χ4v) is 3.02. The van der Waals surface area contributed by atoms with Crippen LogP contribution in [-0.4, -0.2) is 5.91 Å². The summed E-state index contributed by atoms with van der Waals surface area (Å²) in [6.07, 6.45) is 0.234. The average Bonchev–Trinajstić information content (AvgIpc) is 2.44. The van der Waals surface area contributed by atoms with Crippen LogP contribution in [0.25, 0.3) is 0 Å². The molecule has 0 aliphatic heterocycles. The second-order valence-corrected chi connectivity index (χ2v) is 6.07. The van der Waals surface area contributed by atoms with Crippen molar-refractivity contribution in [3.8, 4) is 0 Å². The number of nitrogens with one attached hydrogen (secondary N) is 1. The summed E-state index contributed by atoms with van der Waals surface area (Å²) in [5, 5.41) is 2.87. The van der Waals surface area contributed by atoms with E-state index < -0.39 is 0 Å². The number of halogens is 2. The second kappa shape index (κ2) is 7.02. The zero-order chi connectivity index (χ0) is 14.5. The van der Waals surface area contributed by atoms with Gasteiger partial charge in [0.05, 0.1) is 5.69 Å². The van der Waals surface area contributed by atoms with E-state index in [9.17, 15) is 4.79 Å². The summed E-state index contributed by atoms with van der Waals surface area (Å²) in [4.78, 5) is 12.1. The van der Waals surface area contributed by atoms with Crippen molar-refractivity contribution in [2.75, 3.05) is 5.32 Å². The van der Waals surface area contributed by atoms with Crippen LogP contribution in [0, 0.1) is 0 Å². The number of rotatable bonds is 4. The zero-order valence-corrected chi connectivity index (χ0v) is 13.8. The Labute approximate surface area is 134 Å². The van der Waals surface area contributed by atoms with Crippen LogP contribution < -0.4 is 11.1 Å². The number of nitrogens with two attached hydrogens (primary N) is 1. The van der Waals surface area contributed by atoms with E-state index in [-0.39, 0.29) is 18.4 Å². The van der Waals surface area contributed by atoms with Crippen molar-refractivity contribution >= 4 is 43.5 Å². The number of para-hydroxylation sites is 1. The van der Waals surface area contributed by atoms with Crippen LogP contribution in [0.4, 0.5) is 5.69 Å². The molecule has 0 spiro atoms. The van der Waals surface area contributed by atoms with Gasteiger partial charge in [-0.2, -0.15) is 0 Å². The van der Waals surface area contributed by atoms with Gasteiger partial charge in [0.1, 0.15) is 0 Å². The Balaban J connectivity index is 2.03. The zero-order valence-electron chi connectivity index (χ0n) is 10.6. The minimum Gasteiger partial charge on any atom is -0.324 e. The van der Waals surface area contributed by atoms with Gasteiger partial charge in [-0.1, -0.05) is 36.4 Å². The molecule has 5 heteroatoms. The average molecular weight is 398 g/mol. The summed E-state index contributed by atoms with van der Waals surface area (Å²) >= 11 is 6.82. The molecule has 0 saturated heterocycles. The topological polar surface area (TPSA) is 55.1 Å². The van der Waals surface area contributed by atoms with Crippen molar-refractivity contribution in [1.82, 2.24) is 0 Å². The minimum absolute atomic E-state index is 0.117. The molecule has 0 aliphatic rings. The molecule has 2 rings (SSSR count). The van der Waals surface area contributed by atoms with Crippen molar-refractivity contribution in [3.05, 3.63) is 63.0 Å². The smallest absolute Gasteiger partial charge is 0.226 e.